The average Bonchev–Trinajstić information content (AvgIpc) is 2.89. The number of rotatable bonds is 10. The number of ether oxygens (including phenoxy) is 3. The standard InChI is InChI=1S/C28H28N2O8/c1-17(31)37-24(26(33)29-22-14-13-20-11-7-8-12-21(20)16-22)25(38-18(2)32)27(34)30-23(28(35)36-3)15-19-9-5-4-6-10-19/h4-14,16,23-25H,15H2,1-3H3,(H,29,33)(H,30,34)/t23-,24-,25?/m1/s1. The molecule has 0 aliphatic carbocycles. The maximum Gasteiger partial charge on any atom is 0.328 e. The van der Waals surface area contributed by atoms with E-state index in [4.69, 9.17) is 14.2 Å². The summed E-state index contributed by atoms with van der Waals surface area (Å²) < 4.78 is 15.1. The molecular weight excluding hydrogens is 492 g/mol. The summed E-state index contributed by atoms with van der Waals surface area (Å²) in [4.78, 5) is 62.7. The highest BCUT2D eigenvalue weighted by Crippen LogP contribution is 2.20. The number of methoxy groups -OCH3 is 1. The number of carbonyl (C=O) groups excluding carboxylic acids is 5. The molecule has 10 nitrogen and oxygen atoms in total. The molecule has 0 spiro atoms. The number of nitrogens with one attached hydrogen (secondary N) is 2. The van der Waals surface area contributed by atoms with E-state index >= 15 is 0 Å². The van der Waals surface area contributed by atoms with Crippen molar-refractivity contribution in [3.8, 4) is 0 Å². The van der Waals surface area contributed by atoms with E-state index in [0.29, 0.717) is 5.69 Å². The monoisotopic (exact) mass is 520 g/mol. The minimum atomic E-state index is -1.89. The predicted molar refractivity (Wildman–Crippen MR) is 138 cm³/mol. The maximum atomic E-state index is 13.3. The van der Waals surface area contributed by atoms with E-state index in [9.17, 15) is 24.0 Å². The number of amides is 2. The quantitative estimate of drug-likeness (QED) is 0.307. The van der Waals surface area contributed by atoms with Gasteiger partial charge in [-0.3, -0.25) is 19.2 Å². The van der Waals surface area contributed by atoms with Gasteiger partial charge in [-0.05, 0) is 28.5 Å². The predicted octanol–water partition coefficient (Wildman–Crippen LogP) is 2.54. The van der Waals surface area contributed by atoms with Gasteiger partial charge in [-0.2, -0.15) is 0 Å². The molecule has 0 saturated heterocycles. The molecule has 0 aliphatic rings. The molecule has 2 N–H and O–H groups in total. The summed E-state index contributed by atoms with van der Waals surface area (Å²) in [5.74, 6) is -4.48. The van der Waals surface area contributed by atoms with E-state index in [1.807, 2.05) is 24.3 Å². The van der Waals surface area contributed by atoms with Crippen molar-refractivity contribution in [1.82, 2.24) is 5.32 Å². The lowest BCUT2D eigenvalue weighted by Gasteiger charge is -2.26. The fourth-order valence-electron chi connectivity index (χ4n) is 3.78. The summed E-state index contributed by atoms with van der Waals surface area (Å²) >= 11 is 0. The molecule has 0 aliphatic heterocycles. The van der Waals surface area contributed by atoms with Gasteiger partial charge in [-0.1, -0.05) is 60.7 Å². The highest BCUT2D eigenvalue weighted by molar-refractivity contribution is 6.02. The molecule has 10 heteroatoms. The second kappa shape index (κ2) is 13.0. The van der Waals surface area contributed by atoms with E-state index in [1.165, 1.54) is 0 Å². The highest BCUT2D eigenvalue weighted by Gasteiger charge is 2.41. The molecule has 0 bridgehead atoms. The maximum absolute atomic E-state index is 13.3. The first kappa shape index (κ1) is 27.9. The molecule has 0 aromatic heterocycles. The average molecular weight is 521 g/mol. The number of benzene rings is 3. The molecule has 2 amide bonds. The molecule has 198 valence electrons. The van der Waals surface area contributed by atoms with Crippen LogP contribution in [0.3, 0.4) is 0 Å². The fourth-order valence-corrected chi connectivity index (χ4v) is 3.78. The third-order valence-corrected chi connectivity index (χ3v) is 5.48. The van der Waals surface area contributed by atoms with Crippen LogP contribution in [0.5, 0.6) is 0 Å². The number of carbonyl (C=O) groups is 5. The summed E-state index contributed by atoms with van der Waals surface area (Å²) in [5, 5.41) is 6.83. The van der Waals surface area contributed by atoms with Crippen molar-refractivity contribution in [2.24, 2.45) is 0 Å². The molecule has 0 fully saturated rings. The first-order valence-electron chi connectivity index (χ1n) is 11.7. The van der Waals surface area contributed by atoms with Gasteiger partial charge in [0.25, 0.3) is 11.8 Å². The van der Waals surface area contributed by atoms with E-state index in [2.05, 4.69) is 10.6 Å². The molecular formula is C28H28N2O8. The molecule has 0 heterocycles. The van der Waals surface area contributed by atoms with Gasteiger partial charge >= 0.3 is 17.9 Å². The molecule has 3 aromatic rings. The third kappa shape index (κ3) is 7.63. The smallest absolute Gasteiger partial charge is 0.328 e. The molecule has 3 rings (SSSR count). The Balaban J connectivity index is 1.87. The zero-order valence-corrected chi connectivity index (χ0v) is 21.1. The van der Waals surface area contributed by atoms with Crippen molar-refractivity contribution in [2.75, 3.05) is 12.4 Å². The Morgan fingerprint density at radius 3 is 1.92 bits per heavy atom. The lowest BCUT2D eigenvalue weighted by atomic mass is 10.0. The lowest BCUT2D eigenvalue weighted by Crippen LogP contribution is -2.55. The lowest BCUT2D eigenvalue weighted by molar-refractivity contribution is -0.173. The minimum Gasteiger partial charge on any atom is -0.467 e. The SMILES string of the molecule is COC(=O)[C@@H](Cc1ccccc1)NC(=O)C(OC(C)=O)[C@@H](OC(C)=O)C(=O)Nc1ccc2ccccc2c1. The van der Waals surface area contributed by atoms with Crippen LogP contribution in [0, 0.1) is 0 Å². The molecule has 0 saturated carbocycles. The van der Waals surface area contributed by atoms with E-state index in [0.717, 1.165) is 37.3 Å². The van der Waals surface area contributed by atoms with E-state index in [-0.39, 0.29) is 6.42 Å². The molecule has 3 aromatic carbocycles. The number of anilines is 1. The third-order valence-electron chi connectivity index (χ3n) is 5.48. The number of hydrogen-bond acceptors (Lipinski definition) is 8. The summed E-state index contributed by atoms with van der Waals surface area (Å²) in [7, 11) is 1.16. The summed E-state index contributed by atoms with van der Waals surface area (Å²) in [5.41, 5.74) is 1.09. The van der Waals surface area contributed by atoms with Crippen molar-refractivity contribution in [2.45, 2.75) is 38.5 Å². The number of hydrogen-bond donors (Lipinski definition) is 2. The van der Waals surface area contributed by atoms with E-state index < -0.39 is 48.0 Å². The minimum absolute atomic E-state index is 0.0631. The van der Waals surface area contributed by atoms with Crippen LogP contribution in [-0.2, 0) is 44.6 Å². The topological polar surface area (TPSA) is 137 Å². The Bertz CT molecular complexity index is 1320. The Kier molecular flexibility index (Phi) is 9.53. The van der Waals surface area contributed by atoms with Crippen LogP contribution in [-0.4, -0.2) is 55.1 Å². The molecule has 1 unspecified atom stereocenters. The van der Waals surface area contributed by atoms with Crippen LogP contribution in [0.1, 0.15) is 19.4 Å². The Hall–Kier alpha value is -4.73. The van der Waals surface area contributed by atoms with E-state index in [1.54, 1.807) is 48.5 Å². The van der Waals surface area contributed by atoms with Gasteiger partial charge in [0.05, 0.1) is 7.11 Å². The highest BCUT2D eigenvalue weighted by atomic mass is 16.6. The second-order valence-corrected chi connectivity index (χ2v) is 8.39. The van der Waals surface area contributed by atoms with Gasteiger partial charge in [0.2, 0.25) is 12.2 Å². The van der Waals surface area contributed by atoms with Crippen LogP contribution >= 0.6 is 0 Å². The van der Waals surface area contributed by atoms with Crippen LogP contribution in [0.4, 0.5) is 5.69 Å². The zero-order valence-electron chi connectivity index (χ0n) is 21.1. The largest absolute Gasteiger partial charge is 0.467 e. The normalized spacial score (nSPS) is 12.9. The Morgan fingerprint density at radius 2 is 1.32 bits per heavy atom. The Labute approximate surface area is 219 Å². The number of fused-ring (bicyclic) bond motifs is 1. The van der Waals surface area contributed by atoms with Gasteiger partial charge in [0.1, 0.15) is 6.04 Å². The van der Waals surface area contributed by atoms with Crippen molar-refractivity contribution >= 4 is 46.2 Å². The van der Waals surface area contributed by atoms with Crippen LogP contribution < -0.4 is 10.6 Å². The molecule has 3 atom stereocenters. The molecule has 0 radical (unpaired) electrons. The first-order chi connectivity index (χ1) is 18.2. The van der Waals surface area contributed by atoms with Crippen LogP contribution in [0.15, 0.2) is 72.8 Å². The first-order valence-corrected chi connectivity index (χ1v) is 11.7. The van der Waals surface area contributed by atoms with Gasteiger partial charge in [-0.25, -0.2) is 4.79 Å². The van der Waals surface area contributed by atoms with Gasteiger partial charge in [0, 0.05) is 26.0 Å². The Morgan fingerprint density at radius 1 is 0.737 bits per heavy atom. The summed E-state index contributed by atoms with van der Waals surface area (Å²) in [6.07, 6.45) is -3.68. The van der Waals surface area contributed by atoms with Crippen molar-refractivity contribution in [1.29, 1.82) is 0 Å². The van der Waals surface area contributed by atoms with Crippen molar-refractivity contribution in [3.63, 3.8) is 0 Å². The van der Waals surface area contributed by atoms with Crippen LogP contribution in [0.25, 0.3) is 10.8 Å². The van der Waals surface area contributed by atoms with Crippen molar-refractivity contribution in [3.05, 3.63) is 78.4 Å². The van der Waals surface area contributed by atoms with Gasteiger partial charge in [-0.15, -0.1) is 0 Å². The fraction of sp³-hybridized carbons (Fsp3) is 0.250. The molecule has 38 heavy (non-hydrogen) atoms. The zero-order chi connectivity index (χ0) is 27.7. The summed E-state index contributed by atoms with van der Waals surface area (Å²) in [6.45, 7) is 2.08. The summed E-state index contributed by atoms with van der Waals surface area (Å²) in [6, 6.07) is 20.2. The van der Waals surface area contributed by atoms with Crippen molar-refractivity contribution < 1.29 is 38.2 Å². The second-order valence-electron chi connectivity index (χ2n) is 8.39. The van der Waals surface area contributed by atoms with Gasteiger partial charge < -0.3 is 24.8 Å². The van der Waals surface area contributed by atoms with Crippen LogP contribution in [0.2, 0.25) is 0 Å². The number of esters is 3. The van der Waals surface area contributed by atoms with Gasteiger partial charge in [0.15, 0.2) is 0 Å².